The Morgan fingerprint density at radius 2 is 1.72 bits per heavy atom. The summed E-state index contributed by atoms with van der Waals surface area (Å²) in [5.74, 6) is -0.616. The van der Waals surface area contributed by atoms with Crippen molar-refractivity contribution in [2.24, 2.45) is 33.5 Å². The van der Waals surface area contributed by atoms with Crippen LogP contribution in [0.15, 0.2) is 58.6 Å². The lowest BCUT2D eigenvalue weighted by Crippen LogP contribution is -2.67. The van der Waals surface area contributed by atoms with Crippen LogP contribution in [0.1, 0.15) is 88.3 Å². The van der Waals surface area contributed by atoms with E-state index in [9.17, 15) is 36.6 Å². The lowest BCUT2D eigenvalue weighted by molar-refractivity contribution is -0.173. The lowest BCUT2D eigenvalue weighted by atomic mass is 9.32. The van der Waals surface area contributed by atoms with E-state index in [0.717, 1.165) is 24.6 Å². The van der Waals surface area contributed by atoms with Crippen molar-refractivity contribution < 1.29 is 41.0 Å². The molecule has 272 valence electrons. The van der Waals surface area contributed by atoms with Gasteiger partial charge in [-0.3, -0.25) is 4.79 Å². The fourth-order valence-electron chi connectivity index (χ4n) is 11.1. The van der Waals surface area contributed by atoms with Gasteiger partial charge < -0.3 is 14.6 Å². The van der Waals surface area contributed by atoms with Crippen LogP contribution in [0.3, 0.4) is 0 Å². The first-order valence-electron chi connectivity index (χ1n) is 17.6. The molecule has 1 unspecified atom stereocenters. The summed E-state index contributed by atoms with van der Waals surface area (Å²) in [6, 6.07) is 5.89. The Morgan fingerprint density at radius 3 is 2.40 bits per heavy atom. The molecular formula is C38H45ClF3NO6S. The van der Waals surface area contributed by atoms with Gasteiger partial charge in [-0.25, -0.2) is 8.42 Å². The first-order valence-corrected chi connectivity index (χ1v) is 19.8. The molecule has 7 nitrogen and oxygen atoms in total. The van der Waals surface area contributed by atoms with Crippen LogP contribution in [-0.4, -0.2) is 59.8 Å². The molecule has 1 heterocycles. The maximum atomic E-state index is 14.9. The number of aliphatic hydroxyl groups excluding tert-OH is 1. The van der Waals surface area contributed by atoms with Crippen LogP contribution < -0.4 is 0 Å². The van der Waals surface area contributed by atoms with Gasteiger partial charge in [-0.1, -0.05) is 50.6 Å². The molecule has 0 amide bonds. The fourth-order valence-corrected chi connectivity index (χ4v) is 12.3. The number of hydrogen-bond donors (Lipinski definition) is 2. The van der Waals surface area contributed by atoms with Crippen LogP contribution in [0.2, 0.25) is 5.02 Å². The summed E-state index contributed by atoms with van der Waals surface area (Å²) < 4.78 is 73.8. The van der Waals surface area contributed by atoms with E-state index in [-0.39, 0.29) is 45.9 Å². The summed E-state index contributed by atoms with van der Waals surface area (Å²) >= 11 is 6.33. The molecule has 3 fully saturated rings. The summed E-state index contributed by atoms with van der Waals surface area (Å²) in [7, 11) is -3.59. The molecule has 1 aromatic heterocycles. The molecule has 0 radical (unpaired) electrons. The smallest absolute Gasteiger partial charge is 0.416 e. The van der Waals surface area contributed by atoms with Crippen molar-refractivity contribution in [1.82, 2.24) is 4.31 Å². The van der Waals surface area contributed by atoms with E-state index in [0.29, 0.717) is 57.1 Å². The van der Waals surface area contributed by atoms with E-state index in [4.69, 9.17) is 16.0 Å². The van der Waals surface area contributed by atoms with Crippen molar-refractivity contribution >= 4 is 27.4 Å². The van der Waals surface area contributed by atoms with E-state index >= 15 is 0 Å². The van der Waals surface area contributed by atoms with Crippen LogP contribution in [0.25, 0.3) is 11.3 Å². The zero-order chi connectivity index (χ0) is 36.3. The highest BCUT2D eigenvalue weighted by Crippen LogP contribution is 2.78. The zero-order valence-electron chi connectivity index (χ0n) is 28.8. The Kier molecular flexibility index (Phi) is 8.29. The Hall–Kier alpha value is -2.44. The van der Waals surface area contributed by atoms with E-state index in [1.54, 1.807) is 0 Å². The van der Waals surface area contributed by atoms with Gasteiger partial charge in [0.25, 0.3) is 0 Å². The van der Waals surface area contributed by atoms with Crippen LogP contribution in [0, 0.1) is 33.5 Å². The van der Waals surface area contributed by atoms with E-state index < -0.39 is 55.5 Å². The largest absolute Gasteiger partial charge is 0.453 e. The number of hydrogen-bond acceptors (Lipinski definition) is 6. The average Bonchev–Trinajstić information content (AvgIpc) is 3.62. The molecule has 6 aliphatic carbocycles. The number of carbonyl (C=O) groups is 1. The number of ketones is 1. The molecule has 8 atom stereocenters. The molecule has 6 aliphatic rings. The lowest BCUT2D eigenvalue weighted by Gasteiger charge is -2.71. The summed E-state index contributed by atoms with van der Waals surface area (Å²) in [5, 5.41) is 23.6. The third-order valence-electron chi connectivity index (χ3n) is 13.7. The number of allylic oxidation sites excluding steroid dienone is 4. The highest BCUT2D eigenvalue weighted by atomic mass is 35.5. The molecule has 0 saturated heterocycles. The number of nitrogens with zero attached hydrogens (tertiary/aromatic N) is 1. The Morgan fingerprint density at radius 1 is 1.04 bits per heavy atom. The molecule has 2 N–H and O–H groups in total. The predicted molar refractivity (Wildman–Crippen MR) is 184 cm³/mol. The maximum absolute atomic E-state index is 14.9. The number of furan rings is 1. The molecule has 2 aromatic rings. The summed E-state index contributed by atoms with van der Waals surface area (Å²) in [6.45, 7) is 6.46. The van der Waals surface area contributed by atoms with Gasteiger partial charge in [0, 0.05) is 40.5 Å². The number of aliphatic hydroxyl groups is 2. The van der Waals surface area contributed by atoms with E-state index in [1.807, 2.05) is 19.9 Å². The average molecular weight is 736 g/mol. The number of alkyl halides is 3. The number of fused-ring (bicyclic) bond motifs is 1. The zero-order valence-corrected chi connectivity index (χ0v) is 30.4. The molecule has 50 heavy (non-hydrogen) atoms. The number of halogens is 4. The van der Waals surface area contributed by atoms with Gasteiger partial charge in [-0.05, 0) is 98.9 Å². The van der Waals surface area contributed by atoms with Gasteiger partial charge in [-0.2, -0.15) is 17.5 Å². The topological polar surface area (TPSA) is 108 Å². The first-order chi connectivity index (χ1) is 23.2. The number of benzene rings is 1. The normalized spacial score (nSPS) is 37.7. The molecule has 2 spiro atoms. The van der Waals surface area contributed by atoms with Crippen LogP contribution >= 0.6 is 11.6 Å². The summed E-state index contributed by atoms with van der Waals surface area (Å²) in [5.41, 5.74) is -4.15. The standard InChI is InChI=1S/C38H45ClF3NO6S/c1-5-18-43(50(4,47)48)22-36(46)15-12-31-34(36,3)14-11-30-33(2)13-10-24(44)20-35(33)16-17-37(30,31)26(21-35)32(45)29-9-8-28(49-29)25-19-23(38(40,41)42)6-7-27(25)39/h6-9,16-17,19,21,24,30-31,44,46H,5,10-15,18,20,22H2,1-4H3/t24?,30-,31-,33-,34+,35+,36-,37-/m1/s1. The number of sulfonamides is 1. The van der Waals surface area contributed by atoms with Crippen molar-refractivity contribution in [3.05, 3.63) is 70.5 Å². The third kappa shape index (κ3) is 5.00. The van der Waals surface area contributed by atoms with Crippen LogP contribution in [0.5, 0.6) is 0 Å². The summed E-state index contributed by atoms with van der Waals surface area (Å²) in [4.78, 5) is 14.9. The van der Waals surface area contributed by atoms with Crippen LogP contribution in [0.4, 0.5) is 13.2 Å². The van der Waals surface area contributed by atoms with Gasteiger partial charge in [0.1, 0.15) is 5.76 Å². The Labute approximate surface area is 296 Å². The minimum Gasteiger partial charge on any atom is -0.453 e. The first kappa shape index (κ1) is 35.9. The number of carbonyl (C=O) groups excluding carboxylic acids is 1. The number of rotatable bonds is 8. The second kappa shape index (κ2) is 11.5. The van der Waals surface area contributed by atoms with Crippen molar-refractivity contribution in [3.8, 4) is 11.3 Å². The Balaban J connectivity index is 1.34. The van der Waals surface area contributed by atoms with Crippen molar-refractivity contribution in [1.29, 1.82) is 0 Å². The third-order valence-corrected chi connectivity index (χ3v) is 15.3. The van der Waals surface area contributed by atoms with Crippen molar-refractivity contribution in [2.45, 2.75) is 90.0 Å². The molecule has 12 heteroatoms. The minimum atomic E-state index is -4.60. The second-order valence-electron chi connectivity index (χ2n) is 16.1. The van der Waals surface area contributed by atoms with Gasteiger partial charge >= 0.3 is 6.18 Å². The minimum absolute atomic E-state index is 0.00845. The quantitative estimate of drug-likeness (QED) is 0.210. The highest BCUT2D eigenvalue weighted by molar-refractivity contribution is 7.88. The van der Waals surface area contributed by atoms with E-state index in [2.05, 4.69) is 19.1 Å². The van der Waals surface area contributed by atoms with Gasteiger partial charge in [0.05, 0.1) is 28.5 Å². The second-order valence-corrected chi connectivity index (χ2v) is 18.5. The van der Waals surface area contributed by atoms with Gasteiger partial charge in [0.15, 0.2) is 5.76 Å². The number of Topliss-reactive ketones (excluding diaryl/α,β-unsaturated/α-hetero) is 1. The van der Waals surface area contributed by atoms with Crippen molar-refractivity contribution in [3.63, 3.8) is 0 Å². The van der Waals surface area contributed by atoms with Gasteiger partial charge in [0.2, 0.25) is 15.8 Å². The molecule has 0 aliphatic heterocycles. The SMILES string of the molecule is CCCN(C[C@]1(O)CC[C@H]2[C@]34C=C[C@@]5(C=C3C(=O)c3ccc(-c6cc(C(F)(F)F)ccc6Cl)o3)CC(O)CC[C@]5(C)[C@H]4CC[C@@]21C)S(C)(=O)=O. The molecule has 3 saturated carbocycles. The van der Waals surface area contributed by atoms with Crippen LogP contribution in [-0.2, 0) is 16.2 Å². The predicted octanol–water partition coefficient (Wildman–Crippen LogP) is 8.06. The van der Waals surface area contributed by atoms with E-state index in [1.165, 1.54) is 22.7 Å². The van der Waals surface area contributed by atoms with Gasteiger partial charge in [-0.15, -0.1) is 0 Å². The highest BCUT2D eigenvalue weighted by Gasteiger charge is 2.74. The van der Waals surface area contributed by atoms with Crippen molar-refractivity contribution in [2.75, 3.05) is 19.3 Å². The molecular weight excluding hydrogens is 691 g/mol. The maximum Gasteiger partial charge on any atom is 0.416 e. The molecule has 8 rings (SSSR count). The fraction of sp³-hybridized carbons (Fsp3) is 0.605. The Bertz CT molecular complexity index is 1910. The molecule has 1 aromatic carbocycles. The molecule has 2 bridgehead atoms. The summed E-state index contributed by atoms with van der Waals surface area (Å²) in [6.07, 6.45) is 7.09. The monoisotopic (exact) mass is 735 g/mol.